The molecule has 138 valence electrons. The van der Waals surface area contributed by atoms with E-state index in [9.17, 15) is 0 Å². The van der Waals surface area contributed by atoms with Gasteiger partial charge < -0.3 is 10.1 Å². The van der Waals surface area contributed by atoms with E-state index in [1.165, 1.54) is 16.7 Å². The van der Waals surface area contributed by atoms with Crippen LogP contribution in [-0.2, 0) is 13.2 Å². The quantitative estimate of drug-likeness (QED) is 0.726. The van der Waals surface area contributed by atoms with Gasteiger partial charge in [0.1, 0.15) is 12.4 Å². The van der Waals surface area contributed by atoms with Crippen LogP contribution in [0.15, 0.2) is 79.1 Å². The highest BCUT2D eigenvalue weighted by Crippen LogP contribution is 2.24. The Morgan fingerprint density at radius 1 is 0.963 bits per heavy atom. The van der Waals surface area contributed by atoms with Crippen LogP contribution in [-0.4, -0.2) is 29.5 Å². The van der Waals surface area contributed by atoms with Crippen molar-refractivity contribution in [2.24, 2.45) is 0 Å². The second-order valence-corrected chi connectivity index (χ2v) is 6.89. The van der Waals surface area contributed by atoms with E-state index < -0.39 is 0 Å². The molecular formula is C23H25N3O. The highest BCUT2D eigenvalue weighted by molar-refractivity contribution is 5.28. The van der Waals surface area contributed by atoms with Crippen molar-refractivity contribution in [3.63, 3.8) is 0 Å². The predicted molar refractivity (Wildman–Crippen MR) is 107 cm³/mol. The number of piperazine rings is 1. The molecule has 1 aliphatic rings. The van der Waals surface area contributed by atoms with Crippen LogP contribution in [0.25, 0.3) is 0 Å². The lowest BCUT2D eigenvalue weighted by atomic mass is 10.0. The second-order valence-electron chi connectivity index (χ2n) is 6.89. The monoisotopic (exact) mass is 359 g/mol. The summed E-state index contributed by atoms with van der Waals surface area (Å²) in [7, 11) is 0. The second kappa shape index (κ2) is 8.80. The van der Waals surface area contributed by atoms with Gasteiger partial charge in [-0.25, -0.2) is 0 Å². The summed E-state index contributed by atoms with van der Waals surface area (Å²) >= 11 is 0. The number of rotatable bonds is 6. The van der Waals surface area contributed by atoms with Crippen molar-refractivity contribution >= 4 is 0 Å². The fraction of sp³-hybridized carbons (Fsp3) is 0.261. The Kier molecular flexibility index (Phi) is 5.77. The summed E-state index contributed by atoms with van der Waals surface area (Å²) in [6.07, 6.45) is 3.81. The Hall–Kier alpha value is -2.69. The number of hydrogen-bond acceptors (Lipinski definition) is 4. The van der Waals surface area contributed by atoms with Crippen molar-refractivity contribution in [3.8, 4) is 5.75 Å². The number of aromatic nitrogens is 1. The van der Waals surface area contributed by atoms with E-state index in [1.807, 2.05) is 36.7 Å². The van der Waals surface area contributed by atoms with E-state index in [4.69, 9.17) is 4.74 Å². The van der Waals surface area contributed by atoms with Crippen molar-refractivity contribution in [2.45, 2.75) is 19.2 Å². The molecule has 1 saturated heterocycles. The van der Waals surface area contributed by atoms with Gasteiger partial charge in [-0.05, 0) is 34.9 Å². The van der Waals surface area contributed by atoms with Gasteiger partial charge in [0.2, 0.25) is 0 Å². The van der Waals surface area contributed by atoms with Crippen molar-refractivity contribution < 1.29 is 4.74 Å². The van der Waals surface area contributed by atoms with E-state index in [0.29, 0.717) is 12.6 Å². The first-order valence-corrected chi connectivity index (χ1v) is 9.49. The highest BCUT2D eigenvalue weighted by Gasteiger charge is 2.23. The van der Waals surface area contributed by atoms with Crippen LogP contribution in [0.5, 0.6) is 5.75 Å². The van der Waals surface area contributed by atoms with Gasteiger partial charge in [0.25, 0.3) is 0 Å². The van der Waals surface area contributed by atoms with Gasteiger partial charge in [-0.15, -0.1) is 0 Å². The minimum atomic E-state index is 0.362. The Bertz CT molecular complexity index is 821. The van der Waals surface area contributed by atoms with Gasteiger partial charge in [-0.1, -0.05) is 48.5 Å². The fourth-order valence-corrected chi connectivity index (χ4v) is 3.50. The molecule has 1 aromatic heterocycles. The molecule has 4 heteroatoms. The zero-order chi connectivity index (χ0) is 18.3. The molecule has 2 aromatic carbocycles. The molecule has 0 spiro atoms. The number of pyridine rings is 1. The molecule has 1 atom stereocenters. The van der Waals surface area contributed by atoms with Crippen LogP contribution >= 0.6 is 0 Å². The molecule has 2 heterocycles. The van der Waals surface area contributed by atoms with E-state index in [0.717, 1.165) is 31.9 Å². The van der Waals surface area contributed by atoms with E-state index in [2.05, 4.69) is 57.7 Å². The first-order valence-electron chi connectivity index (χ1n) is 9.49. The van der Waals surface area contributed by atoms with E-state index in [-0.39, 0.29) is 0 Å². The van der Waals surface area contributed by atoms with Crippen LogP contribution in [0.3, 0.4) is 0 Å². The molecule has 0 amide bonds. The maximum atomic E-state index is 5.90. The molecular weight excluding hydrogens is 334 g/mol. The van der Waals surface area contributed by atoms with Crippen LogP contribution in [0.2, 0.25) is 0 Å². The van der Waals surface area contributed by atoms with Gasteiger partial charge >= 0.3 is 0 Å². The SMILES string of the molecule is c1ccc(COc2ccc(CN3CCNCC3c3cccnc3)cc2)cc1. The zero-order valence-electron chi connectivity index (χ0n) is 15.4. The largest absolute Gasteiger partial charge is 0.489 e. The van der Waals surface area contributed by atoms with Crippen LogP contribution in [0, 0.1) is 0 Å². The summed E-state index contributed by atoms with van der Waals surface area (Å²) in [5, 5.41) is 3.50. The molecule has 1 N–H and O–H groups in total. The molecule has 0 saturated carbocycles. The number of hydrogen-bond donors (Lipinski definition) is 1. The molecule has 0 aliphatic carbocycles. The van der Waals surface area contributed by atoms with Gasteiger partial charge in [0, 0.05) is 44.6 Å². The first-order chi connectivity index (χ1) is 13.4. The maximum absolute atomic E-state index is 5.90. The predicted octanol–water partition coefficient (Wildman–Crippen LogP) is 3.81. The smallest absolute Gasteiger partial charge is 0.119 e. The average Bonchev–Trinajstić information content (AvgIpc) is 2.75. The number of nitrogens with zero attached hydrogens (tertiary/aromatic N) is 2. The summed E-state index contributed by atoms with van der Waals surface area (Å²) < 4.78 is 5.90. The summed E-state index contributed by atoms with van der Waals surface area (Å²) in [6.45, 7) is 4.55. The molecule has 4 nitrogen and oxygen atoms in total. The van der Waals surface area contributed by atoms with Crippen molar-refractivity contribution in [2.75, 3.05) is 19.6 Å². The average molecular weight is 359 g/mol. The summed E-state index contributed by atoms with van der Waals surface area (Å²) in [4.78, 5) is 6.81. The van der Waals surface area contributed by atoms with Crippen LogP contribution in [0.4, 0.5) is 0 Å². The van der Waals surface area contributed by atoms with Crippen molar-refractivity contribution in [1.82, 2.24) is 15.2 Å². The summed E-state index contributed by atoms with van der Waals surface area (Å²) in [5.41, 5.74) is 3.76. The Labute approximate surface area is 160 Å². The Morgan fingerprint density at radius 2 is 1.81 bits per heavy atom. The fourth-order valence-electron chi connectivity index (χ4n) is 3.50. The summed E-state index contributed by atoms with van der Waals surface area (Å²) in [6, 6.07) is 23.3. The molecule has 0 bridgehead atoms. The van der Waals surface area contributed by atoms with Crippen molar-refractivity contribution in [1.29, 1.82) is 0 Å². The third kappa shape index (κ3) is 4.73. The maximum Gasteiger partial charge on any atom is 0.119 e. The molecule has 1 fully saturated rings. The van der Waals surface area contributed by atoms with Gasteiger partial charge in [0.05, 0.1) is 0 Å². The first kappa shape index (κ1) is 17.7. The number of nitrogens with one attached hydrogen (secondary N) is 1. The minimum absolute atomic E-state index is 0.362. The lowest BCUT2D eigenvalue weighted by Gasteiger charge is -2.36. The van der Waals surface area contributed by atoms with Crippen molar-refractivity contribution in [3.05, 3.63) is 95.8 Å². The Balaban J connectivity index is 1.38. The molecule has 27 heavy (non-hydrogen) atoms. The molecule has 1 aliphatic heterocycles. The minimum Gasteiger partial charge on any atom is -0.489 e. The third-order valence-electron chi connectivity index (χ3n) is 4.98. The van der Waals surface area contributed by atoms with Gasteiger partial charge in [0.15, 0.2) is 0 Å². The normalized spacial score (nSPS) is 17.6. The highest BCUT2D eigenvalue weighted by atomic mass is 16.5. The lowest BCUT2D eigenvalue weighted by molar-refractivity contribution is 0.153. The van der Waals surface area contributed by atoms with Gasteiger partial charge in [-0.2, -0.15) is 0 Å². The van der Waals surface area contributed by atoms with Crippen LogP contribution < -0.4 is 10.1 Å². The molecule has 1 unspecified atom stereocenters. The summed E-state index contributed by atoms with van der Waals surface area (Å²) in [5.74, 6) is 0.909. The molecule has 4 rings (SSSR count). The van der Waals surface area contributed by atoms with Gasteiger partial charge in [-0.3, -0.25) is 9.88 Å². The third-order valence-corrected chi connectivity index (χ3v) is 4.98. The zero-order valence-corrected chi connectivity index (χ0v) is 15.4. The standard InChI is InChI=1S/C23H25N3O/c1-2-5-20(6-3-1)18-27-22-10-8-19(9-11-22)17-26-14-13-25-16-23(26)21-7-4-12-24-15-21/h1-12,15,23,25H,13-14,16-18H2. The molecule has 3 aromatic rings. The lowest BCUT2D eigenvalue weighted by Crippen LogP contribution is -2.45. The van der Waals surface area contributed by atoms with E-state index >= 15 is 0 Å². The van der Waals surface area contributed by atoms with Crippen LogP contribution in [0.1, 0.15) is 22.7 Å². The number of benzene rings is 2. The Morgan fingerprint density at radius 3 is 2.59 bits per heavy atom. The molecule has 0 radical (unpaired) electrons. The van der Waals surface area contributed by atoms with E-state index in [1.54, 1.807) is 0 Å². The topological polar surface area (TPSA) is 37.4 Å². The number of ether oxygens (including phenoxy) is 1.